The lowest BCUT2D eigenvalue weighted by Crippen LogP contribution is -2.28. The summed E-state index contributed by atoms with van der Waals surface area (Å²) in [5, 5.41) is 0. The molecule has 0 aliphatic heterocycles. The Labute approximate surface area is 103 Å². The minimum atomic E-state index is 0.144. The summed E-state index contributed by atoms with van der Waals surface area (Å²) in [5.74, 6) is 6.47. The summed E-state index contributed by atoms with van der Waals surface area (Å²) in [6.07, 6.45) is 1.92. The number of methoxy groups -OCH3 is 1. The van der Waals surface area contributed by atoms with E-state index in [1.165, 1.54) is 0 Å². The van der Waals surface area contributed by atoms with Gasteiger partial charge in [-0.1, -0.05) is 12.1 Å². The molecule has 0 heterocycles. The second-order valence-electron chi connectivity index (χ2n) is 3.86. The first kappa shape index (κ1) is 14.0. The van der Waals surface area contributed by atoms with Crippen LogP contribution in [0.1, 0.15) is 31.4 Å². The third-order valence-electron chi connectivity index (χ3n) is 2.61. The van der Waals surface area contributed by atoms with Crippen LogP contribution >= 0.6 is 0 Å². The van der Waals surface area contributed by atoms with Gasteiger partial charge in [0, 0.05) is 19.8 Å². The number of ether oxygens (including phenoxy) is 2. The first-order chi connectivity index (χ1) is 8.31. The summed E-state index contributed by atoms with van der Waals surface area (Å²) in [6, 6.07) is 8.17. The van der Waals surface area contributed by atoms with Crippen LogP contribution in [-0.2, 0) is 4.74 Å². The van der Waals surface area contributed by atoms with Crippen LogP contribution in [0.4, 0.5) is 0 Å². The molecule has 0 saturated heterocycles. The van der Waals surface area contributed by atoms with Crippen molar-refractivity contribution in [2.24, 2.45) is 5.84 Å². The monoisotopic (exact) mass is 238 g/mol. The largest absolute Gasteiger partial charge is 0.494 e. The zero-order valence-corrected chi connectivity index (χ0v) is 10.6. The van der Waals surface area contributed by atoms with Crippen molar-refractivity contribution in [3.8, 4) is 5.75 Å². The van der Waals surface area contributed by atoms with Crippen molar-refractivity contribution >= 4 is 0 Å². The fraction of sp³-hybridized carbons (Fsp3) is 0.538. The predicted molar refractivity (Wildman–Crippen MR) is 68.8 cm³/mol. The van der Waals surface area contributed by atoms with Gasteiger partial charge >= 0.3 is 0 Å². The summed E-state index contributed by atoms with van der Waals surface area (Å²) in [5.41, 5.74) is 3.98. The van der Waals surface area contributed by atoms with E-state index in [2.05, 4.69) is 11.5 Å². The van der Waals surface area contributed by atoms with Crippen LogP contribution in [0, 0.1) is 0 Å². The van der Waals surface area contributed by atoms with Crippen molar-refractivity contribution < 1.29 is 9.47 Å². The van der Waals surface area contributed by atoms with Crippen LogP contribution in [-0.4, -0.2) is 20.3 Å². The molecule has 1 rings (SSSR count). The second kappa shape index (κ2) is 8.06. The number of rotatable bonds is 8. The molecule has 0 aliphatic carbocycles. The van der Waals surface area contributed by atoms with Gasteiger partial charge in [-0.25, -0.2) is 0 Å². The average Bonchev–Trinajstić information content (AvgIpc) is 2.35. The van der Waals surface area contributed by atoms with E-state index in [-0.39, 0.29) is 6.04 Å². The zero-order chi connectivity index (χ0) is 12.5. The SMILES string of the molecule is CCOc1cccc(C(CCCOC)NN)c1. The van der Waals surface area contributed by atoms with E-state index in [1.54, 1.807) is 7.11 Å². The number of nitrogens with one attached hydrogen (secondary N) is 1. The molecule has 17 heavy (non-hydrogen) atoms. The van der Waals surface area contributed by atoms with Gasteiger partial charge in [-0.05, 0) is 37.5 Å². The fourth-order valence-electron chi connectivity index (χ4n) is 1.77. The summed E-state index contributed by atoms with van der Waals surface area (Å²) < 4.78 is 10.5. The molecule has 4 nitrogen and oxygen atoms in total. The van der Waals surface area contributed by atoms with E-state index < -0.39 is 0 Å². The average molecular weight is 238 g/mol. The third-order valence-corrected chi connectivity index (χ3v) is 2.61. The molecule has 0 amide bonds. The van der Waals surface area contributed by atoms with Crippen molar-refractivity contribution in [3.63, 3.8) is 0 Å². The molecule has 0 bridgehead atoms. The van der Waals surface area contributed by atoms with Crippen LogP contribution in [0.3, 0.4) is 0 Å². The van der Waals surface area contributed by atoms with E-state index in [1.807, 2.05) is 25.1 Å². The van der Waals surface area contributed by atoms with E-state index >= 15 is 0 Å². The quantitative estimate of drug-likeness (QED) is 0.413. The highest BCUT2D eigenvalue weighted by molar-refractivity contribution is 5.30. The summed E-state index contributed by atoms with van der Waals surface area (Å²) in [4.78, 5) is 0. The van der Waals surface area contributed by atoms with Gasteiger partial charge in [-0.2, -0.15) is 0 Å². The Morgan fingerprint density at radius 1 is 1.41 bits per heavy atom. The van der Waals surface area contributed by atoms with Crippen molar-refractivity contribution in [1.29, 1.82) is 0 Å². The molecular formula is C13H22N2O2. The van der Waals surface area contributed by atoms with Crippen molar-refractivity contribution in [1.82, 2.24) is 5.43 Å². The van der Waals surface area contributed by atoms with Gasteiger partial charge in [-0.3, -0.25) is 11.3 Å². The van der Waals surface area contributed by atoms with E-state index in [0.29, 0.717) is 6.61 Å². The standard InChI is InChI=1S/C13H22N2O2/c1-3-17-12-7-4-6-11(10-12)13(15-14)8-5-9-16-2/h4,6-7,10,13,15H,3,5,8-9,14H2,1-2H3. The molecule has 1 unspecified atom stereocenters. The van der Waals surface area contributed by atoms with Crippen LogP contribution in [0.25, 0.3) is 0 Å². The predicted octanol–water partition coefficient (Wildman–Crippen LogP) is 2.02. The molecule has 1 aromatic rings. The van der Waals surface area contributed by atoms with Crippen LogP contribution in [0.5, 0.6) is 5.75 Å². The minimum Gasteiger partial charge on any atom is -0.494 e. The van der Waals surface area contributed by atoms with Gasteiger partial charge in [-0.15, -0.1) is 0 Å². The lowest BCUT2D eigenvalue weighted by atomic mass is 10.0. The Hall–Kier alpha value is -1.10. The lowest BCUT2D eigenvalue weighted by Gasteiger charge is -2.17. The summed E-state index contributed by atoms with van der Waals surface area (Å²) >= 11 is 0. The van der Waals surface area contributed by atoms with E-state index in [4.69, 9.17) is 15.3 Å². The lowest BCUT2D eigenvalue weighted by molar-refractivity contribution is 0.189. The van der Waals surface area contributed by atoms with Gasteiger partial charge in [0.15, 0.2) is 0 Å². The normalized spacial score (nSPS) is 12.4. The third kappa shape index (κ3) is 4.73. The first-order valence-electron chi connectivity index (χ1n) is 5.99. The Bertz CT molecular complexity index is 318. The Morgan fingerprint density at radius 3 is 2.88 bits per heavy atom. The van der Waals surface area contributed by atoms with Gasteiger partial charge in [0.1, 0.15) is 5.75 Å². The minimum absolute atomic E-state index is 0.144. The summed E-state index contributed by atoms with van der Waals surface area (Å²) in [6.45, 7) is 3.40. The Balaban J connectivity index is 2.63. The van der Waals surface area contributed by atoms with Crippen LogP contribution in [0.2, 0.25) is 0 Å². The molecule has 0 aliphatic rings. The van der Waals surface area contributed by atoms with Gasteiger partial charge in [0.2, 0.25) is 0 Å². The molecule has 0 spiro atoms. The molecule has 1 aromatic carbocycles. The number of hydrogen-bond acceptors (Lipinski definition) is 4. The van der Waals surface area contributed by atoms with Crippen molar-refractivity contribution in [3.05, 3.63) is 29.8 Å². The molecule has 3 N–H and O–H groups in total. The second-order valence-corrected chi connectivity index (χ2v) is 3.86. The molecule has 0 radical (unpaired) electrons. The number of benzene rings is 1. The topological polar surface area (TPSA) is 56.5 Å². The van der Waals surface area contributed by atoms with Gasteiger partial charge in [0.25, 0.3) is 0 Å². The molecule has 0 saturated carbocycles. The summed E-state index contributed by atoms with van der Waals surface area (Å²) in [7, 11) is 1.71. The van der Waals surface area contributed by atoms with Crippen molar-refractivity contribution in [2.45, 2.75) is 25.8 Å². The first-order valence-corrected chi connectivity index (χ1v) is 5.99. The highest BCUT2D eigenvalue weighted by Crippen LogP contribution is 2.22. The zero-order valence-electron chi connectivity index (χ0n) is 10.6. The maximum Gasteiger partial charge on any atom is 0.119 e. The molecule has 4 heteroatoms. The molecule has 1 atom stereocenters. The molecule has 0 aromatic heterocycles. The highest BCUT2D eigenvalue weighted by atomic mass is 16.5. The Morgan fingerprint density at radius 2 is 2.24 bits per heavy atom. The van der Waals surface area contributed by atoms with Crippen LogP contribution in [0.15, 0.2) is 24.3 Å². The molecule has 0 fully saturated rings. The molecular weight excluding hydrogens is 216 g/mol. The van der Waals surface area contributed by atoms with Gasteiger partial charge < -0.3 is 9.47 Å². The van der Waals surface area contributed by atoms with Crippen molar-refractivity contribution in [2.75, 3.05) is 20.3 Å². The number of hydrazine groups is 1. The van der Waals surface area contributed by atoms with Crippen LogP contribution < -0.4 is 16.0 Å². The maximum atomic E-state index is 5.58. The number of nitrogens with two attached hydrogens (primary N) is 1. The smallest absolute Gasteiger partial charge is 0.119 e. The van der Waals surface area contributed by atoms with Gasteiger partial charge in [0.05, 0.1) is 6.61 Å². The Kier molecular flexibility index (Phi) is 6.62. The maximum absolute atomic E-state index is 5.58. The number of hydrogen-bond donors (Lipinski definition) is 2. The fourth-order valence-corrected chi connectivity index (χ4v) is 1.77. The molecule has 96 valence electrons. The highest BCUT2D eigenvalue weighted by Gasteiger charge is 2.09. The van der Waals surface area contributed by atoms with E-state index in [9.17, 15) is 0 Å². The van der Waals surface area contributed by atoms with E-state index in [0.717, 1.165) is 30.8 Å².